The Morgan fingerprint density at radius 1 is 1.35 bits per heavy atom. The minimum absolute atomic E-state index is 0. The highest BCUT2D eigenvalue weighted by molar-refractivity contribution is 7.13. The maximum absolute atomic E-state index is 12.7. The highest BCUT2D eigenvalue weighted by Gasteiger charge is 2.32. The number of amides is 1. The molecule has 0 aromatic carbocycles. The summed E-state index contributed by atoms with van der Waals surface area (Å²) in [4.78, 5) is 19.1. The summed E-state index contributed by atoms with van der Waals surface area (Å²) in [5, 5.41) is 6.20. The monoisotopic (exact) mass is 353 g/mol. The number of thiazole rings is 1. The van der Waals surface area contributed by atoms with Crippen molar-refractivity contribution >= 4 is 29.7 Å². The second-order valence-corrected chi connectivity index (χ2v) is 6.98. The smallest absolute Gasteiger partial charge is 0.273 e. The lowest BCUT2D eigenvalue weighted by molar-refractivity contribution is 0.0743. The maximum Gasteiger partial charge on any atom is 0.273 e. The van der Waals surface area contributed by atoms with Gasteiger partial charge in [0, 0.05) is 30.6 Å². The topological polar surface area (TPSA) is 58.4 Å². The molecule has 2 aromatic heterocycles. The van der Waals surface area contributed by atoms with Crippen LogP contribution in [0.15, 0.2) is 21.9 Å². The molecule has 124 valence electrons. The summed E-state index contributed by atoms with van der Waals surface area (Å²) in [6.45, 7) is 3.52. The van der Waals surface area contributed by atoms with E-state index in [-0.39, 0.29) is 18.3 Å². The van der Waals surface area contributed by atoms with Crippen molar-refractivity contribution in [1.82, 2.24) is 15.2 Å². The summed E-state index contributed by atoms with van der Waals surface area (Å²) < 4.78 is 5.58. The molecular weight excluding hydrogens is 334 g/mol. The molecule has 2 aliphatic rings. The quantitative estimate of drug-likeness (QED) is 0.901. The van der Waals surface area contributed by atoms with Crippen LogP contribution in [0.3, 0.4) is 0 Å². The van der Waals surface area contributed by atoms with Crippen molar-refractivity contribution in [2.45, 2.75) is 38.3 Å². The van der Waals surface area contributed by atoms with Gasteiger partial charge in [0.1, 0.15) is 11.5 Å². The zero-order chi connectivity index (χ0) is 15.1. The zero-order valence-electron chi connectivity index (χ0n) is 12.9. The minimum atomic E-state index is 0. The third-order valence-electron chi connectivity index (χ3n) is 4.48. The first-order valence-electron chi connectivity index (χ1n) is 7.77. The van der Waals surface area contributed by atoms with Crippen LogP contribution in [-0.4, -0.2) is 41.0 Å². The summed E-state index contributed by atoms with van der Waals surface area (Å²) in [6, 6.07) is 4.84. The summed E-state index contributed by atoms with van der Waals surface area (Å²) >= 11 is 1.46. The predicted octanol–water partition coefficient (Wildman–Crippen LogP) is 3.10. The van der Waals surface area contributed by atoms with Crippen molar-refractivity contribution in [3.63, 3.8) is 0 Å². The molecule has 2 saturated heterocycles. The van der Waals surface area contributed by atoms with E-state index < -0.39 is 0 Å². The largest absolute Gasteiger partial charge is 0.459 e. The van der Waals surface area contributed by atoms with E-state index in [0.29, 0.717) is 17.8 Å². The number of furan rings is 1. The Labute approximate surface area is 145 Å². The van der Waals surface area contributed by atoms with E-state index in [2.05, 4.69) is 10.3 Å². The number of carbonyl (C=O) groups is 1. The zero-order valence-corrected chi connectivity index (χ0v) is 14.6. The van der Waals surface area contributed by atoms with Gasteiger partial charge in [-0.15, -0.1) is 23.7 Å². The van der Waals surface area contributed by atoms with Crippen molar-refractivity contribution in [2.24, 2.45) is 0 Å². The molecule has 7 heteroatoms. The van der Waals surface area contributed by atoms with Gasteiger partial charge in [-0.3, -0.25) is 4.79 Å². The summed E-state index contributed by atoms with van der Waals surface area (Å²) in [7, 11) is 0. The summed E-state index contributed by atoms with van der Waals surface area (Å²) in [5.74, 6) is 1.63. The maximum atomic E-state index is 12.7. The van der Waals surface area contributed by atoms with Gasteiger partial charge in [0.05, 0.1) is 0 Å². The first-order chi connectivity index (χ1) is 10.7. The average molecular weight is 354 g/mol. The van der Waals surface area contributed by atoms with Crippen molar-refractivity contribution in [3.8, 4) is 10.8 Å². The molecule has 0 aliphatic carbocycles. The summed E-state index contributed by atoms with van der Waals surface area (Å²) in [5.41, 5.74) is 0.534. The number of likely N-dealkylation sites (tertiary alicyclic amines) is 1. The molecule has 23 heavy (non-hydrogen) atoms. The van der Waals surface area contributed by atoms with E-state index in [1.54, 1.807) is 0 Å². The summed E-state index contributed by atoms with van der Waals surface area (Å²) in [6.07, 6.45) is 3.45. The van der Waals surface area contributed by atoms with Gasteiger partial charge in [-0.05, 0) is 38.3 Å². The number of carbonyl (C=O) groups excluding carboxylic acids is 1. The van der Waals surface area contributed by atoms with E-state index in [0.717, 1.165) is 36.0 Å². The van der Waals surface area contributed by atoms with E-state index in [1.165, 1.54) is 24.2 Å². The van der Waals surface area contributed by atoms with Crippen molar-refractivity contribution in [3.05, 3.63) is 29.0 Å². The molecule has 2 unspecified atom stereocenters. The van der Waals surface area contributed by atoms with Crippen LogP contribution >= 0.6 is 23.7 Å². The van der Waals surface area contributed by atoms with E-state index in [4.69, 9.17) is 4.42 Å². The number of nitrogens with one attached hydrogen (secondary N) is 1. The second-order valence-electron chi connectivity index (χ2n) is 6.13. The Morgan fingerprint density at radius 3 is 2.96 bits per heavy atom. The number of aryl methyl sites for hydroxylation is 1. The molecule has 2 aliphatic heterocycles. The van der Waals surface area contributed by atoms with Crippen LogP contribution in [0.4, 0.5) is 0 Å². The molecule has 1 amide bonds. The number of hydrogen-bond donors (Lipinski definition) is 1. The highest BCUT2D eigenvalue weighted by atomic mass is 35.5. The lowest BCUT2D eigenvalue weighted by atomic mass is 10.1. The van der Waals surface area contributed by atoms with Gasteiger partial charge in [-0.2, -0.15) is 0 Å². The van der Waals surface area contributed by atoms with E-state index >= 15 is 0 Å². The van der Waals surface area contributed by atoms with Crippen molar-refractivity contribution in [2.75, 3.05) is 13.1 Å². The second kappa shape index (κ2) is 6.63. The standard InChI is InChI=1S/C16H19N3O2S.ClH/c1-10-2-5-14(21-10)15-18-13(9-22-15)16(20)19-7-6-11-3-4-12(8-19)17-11;/h2,5,9,11-12,17H,3-4,6-8H2,1H3;1H. The first kappa shape index (κ1) is 16.5. The number of hydrogen-bond acceptors (Lipinski definition) is 5. The molecule has 2 aromatic rings. The lowest BCUT2D eigenvalue weighted by Gasteiger charge is -2.23. The van der Waals surface area contributed by atoms with Crippen LogP contribution in [-0.2, 0) is 0 Å². The molecule has 2 fully saturated rings. The molecule has 0 saturated carbocycles. The third-order valence-corrected chi connectivity index (χ3v) is 5.34. The minimum Gasteiger partial charge on any atom is -0.459 e. The molecule has 4 rings (SSSR count). The van der Waals surface area contributed by atoms with Crippen LogP contribution < -0.4 is 5.32 Å². The van der Waals surface area contributed by atoms with Crippen LogP contribution in [0.1, 0.15) is 35.5 Å². The number of aromatic nitrogens is 1. The number of rotatable bonds is 2. The Morgan fingerprint density at radius 2 is 2.17 bits per heavy atom. The molecule has 2 atom stereocenters. The third kappa shape index (κ3) is 3.29. The Balaban J connectivity index is 0.00000156. The Kier molecular flexibility index (Phi) is 4.75. The van der Waals surface area contributed by atoms with Gasteiger partial charge in [-0.1, -0.05) is 0 Å². The van der Waals surface area contributed by atoms with Gasteiger partial charge in [0.15, 0.2) is 10.8 Å². The molecule has 4 heterocycles. The van der Waals surface area contributed by atoms with Gasteiger partial charge in [0.2, 0.25) is 0 Å². The van der Waals surface area contributed by atoms with Gasteiger partial charge < -0.3 is 14.6 Å². The van der Waals surface area contributed by atoms with Crippen LogP contribution in [0, 0.1) is 6.92 Å². The normalized spacial score (nSPS) is 23.4. The number of nitrogens with zero attached hydrogens (tertiary/aromatic N) is 2. The molecule has 2 bridgehead atoms. The number of halogens is 1. The lowest BCUT2D eigenvalue weighted by Crippen LogP contribution is -2.39. The van der Waals surface area contributed by atoms with Gasteiger partial charge in [0.25, 0.3) is 5.91 Å². The Bertz CT molecular complexity index is 699. The Hall–Kier alpha value is -1.37. The van der Waals surface area contributed by atoms with Crippen molar-refractivity contribution < 1.29 is 9.21 Å². The fourth-order valence-electron chi connectivity index (χ4n) is 3.32. The first-order valence-corrected chi connectivity index (χ1v) is 8.64. The van der Waals surface area contributed by atoms with Crippen LogP contribution in [0.2, 0.25) is 0 Å². The molecule has 0 spiro atoms. The molecule has 5 nitrogen and oxygen atoms in total. The van der Waals surface area contributed by atoms with Crippen LogP contribution in [0.5, 0.6) is 0 Å². The van der Waals surface area contributed by atoms with Crippen molar-refractivity contribution in [1.29, 1.82) is 0 Å². The highest BCUT2D eigenvalue weighted by Crippen LogP contribution is 2.27. The number of fused-ring (bicyclic) bond motifs is 2. The van der Waals surface area contributed by atoms with Gasteiger partial charge in [-0.25, -0.2) is 4.98 Å². The fraction of sp³-hybridized carbons (Fsp3) is 0.500. The van der Waals surface area contributed by atoms with Gasteiger partial charge >= 0.3 is 0 Å². The molecule has 1 N–H and O–H groups in total. The van der Waals surface area contributed by atoms with E-state index in [1.807, 2.05) is 29.3 Å². The average Bonchev–Trinajstić information content (AvgIpc) is 3.18. The SMILES string of the molecule is Cc1ccc(-c2nc(C(=O)N3CCC4CCC(C3)N4)cs2)o1.Cl. The fourth-order valence-corrected chi connectivity index (χ4v) is 4.08. The predicted molar refractivity (Wildman–Crippen MR) is 92.3 cm³/mol. The van der Waals surface area contributed by atoms with Crippen LogP contribution in [0.25, 0.3) is 10.8 Å². The molecule has 0 radical (unpaired) electrons. The molecular formula is C16H20ClN3O2S. The van der Waals surface area contributed by atoms with E-state index in [9.17, 15) is 4.79 Å².